The van der Waals surface area contributed by atoms with E-state index in [4.69, 9.17) is 14.2 Å². The zero-order valence-electron chi connectivity index (χ0n) is 21.4. The number of nitrogens with zero attached hydrogens (tertiary/aromatic N) is 1. The standard InChI is InChI=1S/C31H26N2O6/c1-21-13-15-26(17-22(21)2)37-20-29(34)33-32-19-23-14-16-27(38-30(35)24-9-5-3-6-10-24)28(18-23)39-31(36)25-11-7-4-8-12-25/h3-19H,20H2,1-2H3,(H,33,34). The number of benzene rings is 4. The zero-order chi connectivity index (χ0) is 27.6. The summed E-state index contributed by atoms with van der Waals surface area (Å²) >= 11 is 0. The van der Waals surface area contributed by atoms with E-state index in [-0.39, 0.29) is 18.1 Å². The second-order valence-corrected chi connectivity index (χ2v) is 8.55. The molecule has 0 bridgehead atoms. The molecule has 0 heterocycles. The van der Waals surface area contributed by atoms with Crippen LogP contribution in [-0.2, 0) is 4.79 Å². The van der Waals surface area contributed by atoms with Gasteiger partial charge in [0.25, 0.3) is 5.91 Å². The lowest BCUT2D eigenvalue weighted by molar-refractivity contribution is -0.123. The number of hydrogen-bond acceptors (Lipinski definition) is 7. The topological polar surface area (TPSA) is 103 Å². The Bertz CT molecular complexity index is 1500. The molecule has 196 valence electrons. The number of ether oxygens (including phenoxy) is 3. The van der Waals surface area contributed by atoms with Crippen molar-refractivity contribution in [3.8, 4) is 17.2 Å². The van der Waals surface area contributed by atoms with Crippen LogP contribution in [0.15, 0.2) is 102 Å². The van der Waals surface area contributed by atoms with E-state index < -0.39 is 17.8 Å². The van der Waals surface area contributed by atoms with Gasteiger partial charge in [0.1, 0.15) is 5.75 Å². The van der Waals surface area contributed by atoms with Crippen molar-refractivity contribution in [1.29, 1.82) is 0 Å². The SMILES string of the molecule is Cc1ccc(OCC(=O)NN=Cc2ccc(OC(=O)c3ccccc3)c(OC(=O)c3ccccc3)c2)cc1C. The van der Waals surface area contributed by atoms with Gasteiger partial charge >= 0.3 is 11.9 Å². The van der Waals surface area contributed by atoms with Crippen molar-refractivity contribution in [3.63, 3.8) is 0 Å². The highest BCUT2D eigenvalue weighted by Crippen LogP contribution is 2.30. The summed E-state index contributed by atoms with van der Waals surface area (Å²) in [4.78, 5) is 37.5. The summed E-state index contributed by atoms with van der Waals surface area (Å²) in [5.41, 5.74) is 5.74. The highest BCUT2D eigenvalue weighted by atomic mass is 16.6. The third-order valence-corrected chi connectivity index (χ3v) is 5.64. The van der Waals surface area contributed by atoms with E-state index in [9.17, 15) is 14.4 Å². The van der Waals surface area contributed by atoms with Crippen molar-refractivity contribution in [1.82, 2.24) is 5.43 Å². The molecule has 8 heteroatoms. The minimum absolute atomic E-state index is 0.0153. The summed E-state index contributed by atoms with van der Waals surface area (Å²) in [6.07, 6.45) is 1.37. The molecule has 0 atom stereocenters. The Kier molecular flexibility index (Phi) is 8.82. The minimum Gasteiger partial charge on any atom is -0.484 e. The van der Waals surface area contributed by atoms with Crippen molar-refractivity contribution in [3.05, 3.63) is 125 Å². The van der Waals surface area contributed by atoms with E-state index in [0.717, 1.165) is 11.1 Å². The fraction of sp³-hybridized carbons (Fsp3) is 0.0968. The lowest BCUT2D eigenvalue weighted by Gasteiger charge is -2.11. The van der Waals surface area contributed by atoms with E-state index in [1.807, 2.05) is 26.0 Å². The molecular weight excluding hydrogens is 496 g/mol. The molecule has 0 saturated carbocycles. The molecular formula is C31H26N2O6. The number of esters is 2. The Labute approximate surface area is 225 Å². The largest absolute Gasteiger partial charge is 0.484 e. The van der Waals surface area contributed by atoms with Crippen molar-refractivity contribution in [2.75, 3.05) is 6.61 Å². The second-order valence-electron chi connectivity index (χ2n) is 8.55. The Morgan fingerprint density at radius 1 is 0.718 bits per heavy atom. The monoisotopic (exact) mass is 522 g/mol. The van der Waals surface area contributed by atoms with Crippen molar-refractivity contribution >= 4 is 24.1 Å². The van der Waals surface area contributed by atoms with Crippen LogP contribution in [0.5, 0.6) is 17.2 Å². The highest BCUT2D eigenvalue weighted by molar-refractivity contribution is 5.94. The van der Waals surface area contributed by atoms with Crippen LogP contribution in [-0.4, -0.2) is 30.7 Å². The summed E-state index contributed by atoms with van der Waals surface area (Å²) in [5.74, 6) is -1.03. The Balaban J connectivity index is 1.45. The maximum atomic E-state index is 12.7. The normalized spacial score (nSPS) is 10.6. The second kappa shape index (κ2) is 12.8. The maximum Gasteiger partial charge on any atom is 0.343 e. The quantitative estimate of drug-likeness (QED) is 0.139. The zero-order valence-corrected chi connectivity index (χ0v) is 21.4. The van der Waals surface area contributed by atoms with Gasteiger partial charge in [0.15, 0.2) is 18.1 Å². The van der Waals surface area contributed by atoms with Gasteiger partial charge in [0.05, 0.1) is 17.3 Å². The molecule has 0 aliphatic heterocycles. The number of amides is 1. The molecule has 8 nitrogen and oxygen atoms in total. The molecule has 0 saturated heterocycles. The molecule has 4 aromatic carbocycles. The lowest BCUT2D eigenvalue weighted by Crippen LogP contribution is -2.24. The van der Waals surface area contributed by atoms with Crippen LogP contribution in [0.2, 0.25) is 0 Å². The predicted octanol–water partition coefficient (Wildman–Crippen LogP) is 5.27. The van der Waals surface area contributed by atoms with Gasteiger partial charge in [-0.05, 0) is 85.1 Å². The summed E-state index contributed by atoms with van der Waals surface area (Å²) in [7, 11) is 0. The van der Waals surface area contributed by atoms with Gasteiger partial charge < -0.3 is 14.2 Å². The van der Waals surface area contributed by atoms with Crippen LogP contribution >= 0.6 is 0 Å². The number of hydrazone groups is 1. The molecule has 0 aliphatic carbocycles. The molecule has 0 unspecified atom stereocenters. The van der Waals surface area contributed by atoms with Crippen LogP contribution in [0.4, 0.5) is 0 Å². The number of carbonyl (C=O) groups excluding carboxylic acids is 3. The smallest absolute Gasteiger partial charge is 0.343 e. The molecule has 0 fully saturated rings. The Morgan fingerprint density at radius 2 is 1.33 bits per heavy atom. The van der Waals surface area contributed by atoms with Gasteiger partial charge in [-0.25, -0.2) is 15.0 Å². The Hall–Kier alpha value is -5.24. The molecule has 0 radical (unpaired) electrons. The molecule has 4 rings (SSSR count). The van der Waals surface area contributed by atoms with Gasteiger partial charge in [-0.3, -0.25) is 4.79 Å². The fourth-order valence-electron chi connectivity index (χ4n) is 3.40. The lowest BCUT2D eigenvalue weighted by atomic mass is 10.1. The van der Waals surface area contributed by atoms with E-state index in [1.165, 1.54) is 18.3 Å². The first kappa shape index (κ1) is 26.8. The van der Waals surface area contributed by atoms with Gasteiger partial charge in [0, 0.05) is 0 Å². The summed E-state index contributed by atoms with van der Waals surface area (Å²) < 4.78 is 16.6. The minimum atomic E-state index is -0.626. The molecule has 4 aromatic rings. The van der Waals surface area contributed by atoms with Gasteiger partial charge in [-0.15, -0.1) is 0 Å². The van der Waals surface area contributed by atoms with E-state index in [1.54, 1.807) is 72.8 Å². The number of nitrogens with one attached hydrogen (secondary N) is 1. The third-order valence-electron chi connectivity index (χ3n) is 5.64. The molecule has 1 amide bonds. The number of rotatable bonds is 9. The molecule has 0 aromatic heterocycles. The Morgan fingerprint density at radius 3 is 1.95 bits per heavy atom. The summed E-state index contributed by atoms with van der Waals surface area (Å²) in [5, 5.41) is 3.95. The summed E-state index contributed by atoms with van der Waals surface area (Å²) in [6.45, 7) is 3.74. The van der Waals surface area contributed by atoms with Gasteiger partial charge in [-0.1, -0.05) is 42.5 Å². The number of hydrogen-bond donors (Lipinski definition) is 1. The average molecular weight is 523 g/mol. The average Bonchev–Trinajstić information content (AvgIpc) is 2.96. The van der Waals surface area contributed by atoms with Gasteiger partial charge in [0.2, 0.25) is 0 Å². The van der Waals surface area contributed by atoms with Crippen LogP contribution in [0, 0.1) is 13.8 Å². The van der Waals surface area contributed by atoms with E-state index in [2.05, 4.69) is 10.5 Å². The summed E-state index contributed by atoms with van der Waals surface area (Å²) in [6, 6.07) is 27.0. The fourth-order valence-corrected chi connectivity index (χ4v) is 3.40. The molecule has 39 heavy (non-hydrogen) atoms. The molecule has 0 aliphatic rings. The number of carbonyl (C=O) groups is 3. The molecule has 0 spiro atoms. The van der Waals surface area contributed by atoms with Crippen LogP contribution in [0.3, 0.4) is 0 Å². The first-order valence-electron chi connectivity index (χ1n) is 12.1. The highest BCUT2D eigenvalue weighted by Gasteiger charge is 2.17. The van der Waals surface area contributed by atoms with Gasteiger partial charge in [-0.2, -0.15) is 5.10 Å². The third kappa shape index (κ3) is 7.62. The van der Waals surface area contributed by atoms with Crippen molar-refractivity contribution < 1.29 is 28.6 Å². The van der Waals surface area contributed by atoms with Crippen LogP contribution in [0.1, 0.15) is 37.4 Å². The number of aryl methyl sites for hydroxylation is 2. The maximum absolute atomic E-state index is 12.7. The van der Waals surface area contributed by atoms with Crippen molar-refractivity contribution in [2.45, 2.75) is 13.8 Å². The molecule has 1 N–H and O–H groups in total. The predicted molar refractivity (Wildman–Crippen MR) is 146 cm³/mol. The van der Waals surface area contributed by atoms with E-state index >= 15 is 0 Å². The first-order valence-corrected chi connectivity index (χ1v) is 12.1. The van der Waals surface area contributed by atoms with Crippen molar-refractivity contribution in [2.24, 2.45) is 5.10 Å². The van der Waals surface area contributed by atoms with Crippen LogP contribution in [0.25, 0.3) is 0 Å². The van der Waals surface area contributed by atoms with Crippen LogP contribution < -0.4 is 19.6 Å². The first-order chi connectivity index (χ1) is 18.9. The van der Waals surface area contributed by atoms with E-state index in [0.29, 0.717) is 22.4 Å².